The lowest BCUT2D eigenvalue weighted by molar-refractivity contribution is 0.0601. The van der Waals surface area contributed by atoms with Crippen LogP contribution in [-0.4, -0.2) is 55.3 Å². The molecule has 0 unspecified atom stereocenters. The zero-order chi connectivity index (χ0) is 34.1. The minimum absolute atomic E-state index is 0. The van der Waals surface area contributed by atoms with E-state index >= 15 is 0 Å². The molecule has 6 aromatic rings. The number of carbonyl (C=O) groups excluding carboxylic acids is 2. The Hall–Kier alpha value is -5.54. The Kier molecular flexibility index (Phi) is 13.0. The summed E-state index contributed by atoms with van der Waals surface area (Å²) in [5, 5.41) is 14.0. The fourth-order valence-corrected chi connectivity index (χ4v) is 4.67. The fraction of sp³-hybridized carbons (Fsp3) is 0.176. The van der Waals surface area contributed by atoms with Gasteiger partial charge in [0.1, 0.15) is 39.9 Å². The van der Waals surface area contributed by atoms with E-state index < -0.39 is 23.5 Å². The Labute approximate surface area is 274 Å². The SMILES string of the molecule is CNCc1ccc(-c2cc3cc(F)cc(C(=O)OC)c3o2)cn1.CNCc1ccc(-c2cc3cc(F)cc(C(N)=O)c3o2)cn1.CO.N. The number of rotatable bonds is 8. The van der Waals surface area contributed by atoms with Crippen LogP contribution in [-0.2, 0) is 17.8 Å². The molecule has 252 valence electrons. The van der Waals surface area contributed by atoms with Crippen LogP contribution in [0.1, 0.15) is 32.1 Å². The van der Waals surface area contributed by atoms with Gasteiger partial charge < -0.3 is 41.2 Å². The van der Waals surface area contributed by atoms with Crippen LogP contribution >= 0.6 is 0 Å². The van der Waals surface area contributed by atoms with Crippen LogP contribution in [0.25, 0.3) is 44.6 Å². The fourth-order valence-electron chi connectivity index (χ4n) is 4.67. The van der Waals surface area contributed by atoms with Crippen molar-refractivity contribution in [3.8, 4) is 22.6 Å². The van der Waals surface area contributed by atoms with Crippen LogP contribution in [0.15, 0.2) is 81.9 Å². The number of nitrogens with zero attached hydrogens (tertiary/aromatic N) is 2. The number of fused-ring (bicyclic) bond motifs is 2. The minimum atomic E-state index is -0.729. The lowest BCUT2D eigenvalue weighted by Crippen LogP contribution is -2.11. The quantitative estimate of drug-likeness (QED) is 0.131. The van der Waals surface area contributed by atoms with E-state index in [1.165, 1.54) is 19.2 Å². The summed E-state index contributed by atoms with van der Waals surface area (Å²) in [6, 6.07) is 15.6. The van der Waals surface area contributed by atoms with Gasteiger partial charge in [-0.25, -0.2) is 13.6 Å². The van der Waals surface area contributed by atoms with E-state index in [2.05, 4.69) is 25.3 Å². The molecule has 14 heteroatoms. The minimum Gasteiger partial charge on any atom is -0.465 e. The largest absolute Gasteiger partial charge is 0.465 e. The summed E-state index contributed by atoms with van der Waals surface area (Å²) in [6.07, 6.45) is 3.35. The molecule has 0 spiro atoms. The predicted octanol–water partition coefficient (Wildman–Crippen LogP) is 5.36. The second-order valence-electron chi connectivity index (χ2n) is 9.96. The van der Waals surface area contributed by atoms with E-state index in [0.29, 0.717) is 41.0 Å². The topological polar surface area (TPSA) is 201 Å². The molecule has 1 amide bonds. The van der Waals surface area contributed by atoms with Crippen molar-refractivity contribution in [2.24, 2.45) is 5.73 Å². The predicted molar refractivity (Wildman–Crippen MR) is 177 cm³/mol. The number of aliphatic hydroxyl groups is 1. The molecule has 0 saturated heterocycles. The number of pyridine rings is 2. The summed E-state index contributed by atoms with van der Waals surface area (Å²) in [5.74, 6) is -1.40. The van der Waals surface area contributed by atoms with Crippen molar-refractivity contribution in [2.45, 2.75) is 13.1 Å². The van der Waals surface area contributed by atoms with Gasteiger partial charge in [0.25, 0.3) is 5.91 Å². The standard InChI is InChI=1S/C17H15FN2O3.C16H14FN3O2.CH4O.H3N/c1-19-9-13-4-3-10(8-20-13)15-6-11-5-12(18)7-14(16(11)23-15)17(21)22-2;1-19-8-12-3-2-9(7-20-12)14-5-10-4-11(17)6-13(16(18)21)15(10)22-14;1-2;/h3-8,19H,9H2,1-2H3;2-7,19H,8H2,1H3,(H2,18,21);2H,1H3;1H3. The first-order chi connectivity index (χ1) is 22.7. The lowest BCUT2D eigenvalue weighted by atomic mass is 10.1. The van der Waals surface area contributed by atoms with E-state index in [1.807, 2.05) is 38.4 Å². The highest BCUT2D eigenvalue weighted by Crippen LogP contribution is 2.32. The second kappa shape index (κ2) is 16.9. The summed E-state index contributed by atoms with van der Waals surface area (Å²) >= 11 is 0. The third-order valence-corrected chi connectivity index (χ3v) is 6.77. The van der Waals surface area contributed by atoms with Crippen LogP contribution in [0, 0.1) is 11.6 Å². The number of hydrogen-bond acceptors (Lipinski definition) is 11. The molecule has 0 aliphatic carbocycles. The number of hydrogen-bond donors (Lipinski definition) is 5. The first kappa shape index (κ1) is 36.9. The number of esters is 1. The van der Waals surface area contributed by atoms with Gasteiger partial charge in [-0.05, 0) is 74.8 Å². The highest BCUT2D eigenvalue weighted by molar-refractivity contribution is 6.05. The van der Waals surface area contributed by atoms with Gasteiger partial charge in [-0.15, -0.1) is 0 Å². The van der Waals surface area contributed by atoms with Gasteiger partial charge in [-0.1, -0.05) is 0 Å². The Morgan fingerprint density at radius 1 is 0.771 bits per heavy atom. The monoisotopic (exact) mass is 662 g/mol. The summed E-state index contributed by atoms with van der Waals surface area (Å²) in [4.78, 5) is 31.8. The maximum atomic E-state index is 13.7. The number of primary amides is 1. The first-order valence-corrected chi connectivity index (χ1v) is 14.2. The zero-order valence-electron chi connectivity index (χ0n) is 26.8. The lowest BCUT2D eigenvalue weighted by Gasteiger charge is -2.01. The number of aromatic nitrogens is 2. The summed E-state index contributed by atoms with van der Waals surface area (Å²) in [6.45, 7) is 1.33. The third kappa shape index (κ3) is 8.43. The first-order valence-electron chi connectivity index (χ1n) is 14.2. The molecular formula is C34H36F2N6O6. The van der Waals surface area contributed by atoms with Gasteiger partial charge >= 0.3 is 5.97 Å². The van der Waals surface area contributed by atoms with E-state index in [1.54, 1.807) is 24.5 Å². The smallest absolute Gasteiger partial charge is 0.341 e. The van der Waals surface area contributed by atoms with Gasteiger partial charge in [-0.2, -0.15) is 0 Å². The van der Waals surface area contributed by atoms with Crippen LogP contribution in [0.3, 0.4) is 0 Å². The van der Waals surface area contributed by atoms with Crippen molar-refractivity contribution < 1.29 is 37.0 Å². The molecule has 48 heavy (non-hydrogen) atoms. The molecule has 12 nitrogen and oxygen atoms in total. The Bertz CT molecular complexity index is 1990. The Morgan fingerprint density at radius 3 is 1.58 bits per heavy atom. The van der Waals surface area contributed by atoms with Crippen molar-refractivity contribution in [1.82, 2.24) is 26.8 Å². The van der Waals surface area contributed by atoms with Gasteiger partial charge in [-0.3, -0.25) is 14.8 Å². The number of benzene rings is 2. The molecule has 0 atom stereocenters. The van der Waals surface area contributed by atoms with Crippen molar-refractivity contribution in [1.29, 1.82) is 0 Å². The van der Waals surface area contributed by atoms with E-state index in [4.69, 9.17) is 19.7 Å². The second-order valence-corrected chi connectivity index (χ2v) is 9.96. The number of methoxy groups -OCH3 is 1. The normalized spacial score (nSPS) is 10.4. The average molecular weight is 663 g/mol. The number of ether oxygens (including phenoxy) is 1. The molecule has 0 bridgehead atoms. The molecule has 0 saturated carbocycles. The van der Waals surface area contributed by atoms with Gasteiger partial charge in [0.05, 0.1) is 24.1 Å². The summed E-state index contributed by atoms with van der Waals surface area (Å²) in [5.41, 5.74) is 9.22. The maximum Gasteiger partial charge on any atom is 0.341 e. The molecule has 0 radical (unpaired) electrons. The molecule has 4 heterocycles. The van der Waals surface area contributed by atoms with Crippen LogP contribution in [0.2, 0.25) is 0 Å². The highest BCUT2D eigenvalue weighted by Gasteiger charge is 2.18. The Morgan fingerprint density at radius 2 is 1.21 bits per heavy atom. The van der Waals surface area contributed by atoms with Crippen LogP contribution < -0.4 is 22.5 Å². The molecule has 0 fully saturated rings. The van der Waals surface area contributed by atoms with Crippen molar-refractivity contribution in [2.75, 3.05) is 28.3 Å². The number of amides is 1. The van der Waals surface area contributed by atoms with Crippen molar-refractivity contribution in [3.63, 3.8) is 0 Å². The molecule has 0 aliphatic rings. The molecular weight excluding hydrogens is 626 g/mol. The van der Waals surface area contributed by atoms with E-state index in [0.717, 1.165) is 41.8 Å². The van der Waals surface area contributed by atoms with E-state index in [9.17, 15) is 18.4 Å². The molecule has 8 N–H and O–H groups in total. The number of halogens is 2. The third-order valence-electron chi connectivity index (χ3n) is 6.77. The van der Waals surface area contributed by atoms with Crippen molar-refractivity contribution >= 4 is 33.8 Å². The molecule has 6 rings (SSSR count). The van der Waals surface area contributed by atoms with Gasteiger partial charge in [0.2, 0.25) is 0 Å². The number of carbonyl (C=O) groups is 2. The number of aliphatic hydroxyl groups excluding tert-OH is 1. The highest BCUT2D eigenvalue weighted by atomic mass is 19.1. The molecule has 2 aromatic carbocycles. The Balaban J connectivity index is 0.000000243. The average Bonchev–Trinajstić information content (AvgIpc) is 3.70. The molecule has 4 aromatic heterocycles. The number of nitrogens with one attached hydrogen (secondary N) is 2. The zero-order valence-corrected chi connectivity index (χ0v) is 26.8. The maximum absolute atomic E-state index is 13.7. The van der Waals surface area contributed by atoms with Crippen molar-refractivity contribution in [3.05, 3.63) is 107 Å². The van der Waals surface area contributed by atoms with E-state index in [-0.39, 0.29) is 22.9 Å². The molecule has 0 aliphatic heterocycles. The van der Waals surface area contributed by atoms with Gasteiger partial charge in [0, 0.05) is 54.5 Å². The number of nitrogens with two attached hydrogens (primary N) is 1. The van der Waals surface area contributed by atoms with Crippen LogP contribution in [0.4, 0.5) is 8.78 Å². The summed E-state index contributed by atoms with van der Waals surface area (Å²) < 4.78 is 43.3. The van der Waals surface area contributed by atoms with Gasteiger partial charge in [0.15, 0.2) is 0 Å². The number of furan rings is 2. The summed E-state index contributed by atoms with van der Waals surface area (Å²) in [7, 11) is 5.93. The van der Waals surface area contributed by atoms with Crippen LogP contribution in [0.5, 0.6) is 0 Å².